The first-order chi connectivity index (χ1) is 30.0. The van der Waals surface area contributed by atoms with E-state index >= 15 is 0 Å². The van der Waals surface area contributed by atoms with Gasteiger partial charge in [0.2, 0.25) is 0 Å². The Hall–Kier alpha value is -2.66. The summed E-state index contributed by atoms with van der Waals surface area (Å²) in [5.74, 6) is 3.26. The molecule has 0 aromatic heterocycles. The molecule has 344 valence electrons. The van der Waals surface area contributed by atoms with E-state index in [4.69, 9.17) is 0 Å². The fourth-order valence-corrected chi connectivity index (χ4v) is 9.69. The molecule has 0 aliphatic rings. The van der Waals surface area contributed by atoms with Gasteiger partial charge in [-0.2, -0.15) is 0 Å². The molecule has 0 saturated heterocycles. The number of aryl methyl sites for hydroxylation is 4. The molecule has 0 bridgehead atoms. The molecule has 0 amide bonds. The summed E-state index contributed by atoms with van der Waals surface area (Å²) in [6, 6.07) is 10.7. The van der Waals surface area contributed by atoms with E-state index in [9.17, 15) is 5.53 Å². The van der Waals surface area contributed by atoms with Crippen LogP contribution >= 0.6 is 0 Å². The summed E-state index contributed by atoms with van der Waals surface area (Å²) in [5.41, 5.74) is 26.9. The highest BCUT2D eigenvalue weighted by molar-refractivity contribution is 5.88. The maximum absolute atomic E-state index is 10.3. The van der Waals surface area contributed by atoms with Crippen LogP contribution in [-0.4, -0.2) is 10.7 Å². The van der Waals surface area contributed by atoms with Crippen molar-refractivity contribution >= 4 is 11.4 Å². The zero-order valence-corrected chi connectivity index (χ0v) is 42.0. The SMILES string of the molecule is CCCCCCc1cc(C(=C(CCCCC)C(=C=[N+]=[N-])CCCCC)c2cc(CCCCC)c(CCCCC)c(CCCCC)c2)cc(CCCCCC)c1CCCCCC. The molecule has 0 unspecified atom stereocenters. The Morgan fingerprint density at radius 3 is 1.03 bits per heavy atom. The van der Waals surface area contributed by atoms with Crippen molar-refractivity contribution in [3.8, 4) is 0 Å². The number of hydrogen-bond acceptors (Lipinski definition) is 0. The number of hydrogen-bond donors (Lipinski definition) is 0. The van der Waals surface area contributed by atoms with E-state index in [2.05, 4.69) is 90.3 Å². The van der Waals surface area contributed by atoms with E-state index in [-0.39, 0.29) is 0 Å². The van der Waals surface area contributed by atoms with Gasteiger partial charge >= 0.3 is 5.87 Å². The second-order valence-corrected chi connectivity index (χ2v) is 18.8. The Bertz CT molecular complexity index is 1500. The molecule has 0 aliphatic heterocycles. The van der Waals surface area contributed by atoms with Crippen molar-refractivity contribution in [3.05, 3.63) is 85.5 Å². The van der Waals surface area contributed by atoms with Gasteiger partial charge in [-0.1, -0.05) is 202 Å². The lowest BCUT2D eigenvalue weighted by atomic mass is 9.79. The summed E-state index contributed by atoms with van der Waals surface area (Å²) in [7, 11) is 0. The van der Waals surface area contributed by atoms with E-state index in [1.54, 1.807) is 33.4 Å². The molecule has 61 heavy (non-hydrogen) atoms. The molecule has 0 N–H and O–H groups in total. The third-order valence-electron chi connectivity index (χ3n) is 13.4. The van der Waals surface area contributed by atoms with Crippen molar-refractivity contribution in [1.29, 1.82) is 0 Å². The lowest BCUT2D eigenvalue weighted by molar-refractivity contribution is 0.00739. The highest BCUT2D eigenvalue weighted by Crippen LogP contribution is 2.40. The average Bonchev–Trinajstić information content (AvgIpc) is 3.26. The molecule has 0 fully saturated rings. The van der Waals surface area contributed by atoms with Gasteiger partial charge in [0.25, 0.3) is 0 Å². The first-order valence-electron chi connectivity index (χ1n) is 27.0. The van der Waals surface area contributed by atoms with Crippen molar-refractivity contribution in [2.75, 3.05) is 0 Å². The molecule has 0 spiro atoms. The molecule has 0 heterocycles. The smallest absolute Gasteiger partial charge is 0.303 e. The third-order valence-corrected chi connectivity index (χ3v) is 13.4. The minimum Gasteiger partial charge on any atom is -0.348 e. The van der Waals surface area contributed by atoms with Crippen LogP contribution in [0.3, 0.4) is 0 Å². The number of allylic oxidation sites excluding steroid dienone is 2. The van der Waals surface area contributed by atoms with Gasteiger partial charge in [0, 0.05) is 0 Å². The predicted octanol–water partition coefficient (Wildman–Crippen LogP) is 19.0. The number of rotatable bonds is 38. The summed E-state index contributed by atoms with van der Waals surface area (Å²) in [6.45, 7) is 18.7. The number of unbranched alkanes of at least 4 members (excludes halogenated alkanes) is 19. The molecule has 2 nitrogen and oxygen atoms in total. The summed E-state index contributed by atoms with van der Waals surface area (Å²) in [4.78, 5) is 3.72. The Kier molecular flexibility index (Phi) is 31.9. The van der Waals surface area contributed by atoms with Crippen LogP contribution in [-0.2, 0) is 38.5 Å². The summed E-state index contributed by atoms with van der Waals surface area (Å²) >= 11 is 0. The fraction of sp³-hybridized carbons (Fsp3) is 0.729. The molecule has 0 radical (unpaired) electrons. The first kappa shape index (κ1) is 54.5. The normalized spacial score (nSPS) is 11.8. The quantitative estimate of drug-likeness (QED) is 0.0212. The van der Waals surface area contributed by atoms with Crippen molar-refractivity contribution in [3.63, 3.8) is 0 Å². The van der Waals surface area contributed by atoms with Gasteiger partial charge in [0.05, 0.1) is 5.57 Å². The molecule has 2 heteroatoms. The summed E-state index contributed by atoms with van der Waals surface area (Å²) in [6.07, 6.45) is 43.0. The van der Waals surface area contributed by atoms with Crippen LogP contribution in [0.1, 0.15) is 286 Å². The molecular weight excluding hydrogens is 737 g/mol. The number of nitrogens with zero attached hydrogens (tertiary/aromatic N) is 2. The highest BCUT2D eigenvalue weighted by Gasteiger charge is 2.23. The van der Waals surface area contributed by atoms with Crippen LogP contribution < -0.4 is 0 Å². The molecule has 2 aromatic carbocycles. The average molecular weight is 835 g/mol. The van der Waals surface area contributed by atoms with Crippen LogP contribution in [0.4, 0.5) is 0 Å². The van der Waals surface area contributed by atoms with Gasteiger partial charge in [-0.3, -0.25) is 0 Å². The maximum Gasteiger partial charge on any atom is 0.303 e. The lowest BCUT2D eigenvalue weighted by Crippen LogP contribution is -2.09. The van der Waals surface area contributed by atoms with E-state index < -0.39 is 0 Å². The van der Waals surface area contributed by atoms with Gasteiger partial charge in [0.15, 0.2) is 0 Å². The first-order valence-corrected chi connectivity index (χ1v) is 27.0. The van der Waals surface area contributed by atoms with Gasteiger partial charge in [-0.05, 0) is 158 Å². The number of benzene rings is 2. The molecule has 2 rings (SSSR count). The van der Waals surface area contributed by atoms with Crippen molar-refractivity contribution in [2.45, 2.75) is 280 Å². The van der Waals surface area contributed by atoms with Gasteiger partial charge in [-0.25, -0.2) is 0 Å². The van der Waals surface area contributed by atoms with Crippen LogP contribution in [0.25, 0.3) is 11.1 Å². The highest BCUT2D eigenvalue weighted by atomic mass is 14.8. The zero-order valence-electron chi connectivity index (χ0n) is 42.0. The Balaban J connectivity index is 3.26. The molecule has 0 aliphatic carbocycles. The minimum absolute atomic E-state index is 0.911. The largest absolute Gasteiger partial charge is 0.348 e. The van der Waals surface area contributed by atoms with Gasteiger partial charge in [0.1, 0.15) is 0 Å². The maximum atomic E-state index is 10.3. The molecular formula is C59H98N2. The third kappa shape index (κ3) is 21.0. The minimum atomic E-state index is 0.911. The van der Waals surface area contributed by atoms with E-state index in [1.807, 2.05) is 0 Å². The fourth-order valence-electron chi connectivity index (χ4n) is 9.69. The van der Waals surface area contributed by atoms with Crippen molar-refractivity contribution < 1.29 is 4.79 Å². The van der Waals surface area contributed by atoms with Crippen LogP contribution in [0, 0.1) is 0 Å². The van der Waals surface area contributed by atoms with Crippen molar-refractivity contribution in [2.24, 2.45) is 0 Å². The summed E-state index contributed by atoms with van der Waals surface area (Å²) < 4.78 is 0. The van der Waals surface area contributed by atoms with Crippen LogP contribution in [0.15, 0.2) is 35.4 Å². The topological polar surface area (TPSA) is 36.4 Å². The van der Waals surface area contributed by atoms with E-state index in [0.717, 1.165) is 31.3 Å². The van der Waals surface area contributed by atoms with Crippen molar-refractivity contribution in [1.82, 2.24) is 0 Å². The van der Waals surface area contributed by atoms with Gasteiger partial charge in [-0.15, -0.1) is 4.79 Å². The second-order valence-electron chi connectivity index (χ2n) is 18.8. The van der Waals surface area contributed by atoms with Crippen LogP contribution in [0.5, 0.6) is 0 Å². The van der Waals surface area contributed by atoms with E-state index in [1.165, 1.54) is 221 Å². The monoisotopic (exact) mass is 835 g/mol. The van der Waals surface area contributed by atoms with Gasteiger partial charge < -0.3 is 5.53 Å². The second kappa shape index (κ2) is 35.8. The zero-order chi connectivity index (χ0) is 44.3. The molecule has 0 atom stereocenters. The Labute approximate surface area is 380 Å². The Morgan fingerprint density at radius 1 is 0.377 bits per heavy atom. The van der Waals surface area contributed by atoms with Crippen LogP contribution in [0.2, 0.25) is 0 Å². The Morgan fingerprint density at radius 2 is 0.672 bits per heavy atom. The van der Waals surface area contributed by atoms with E-state index in [0.29, 0.717) is 0 Å². The molecule has 2 aromatic rings. The molecule has 0 saturated carbocycles. The summed E-state index contributed by atoms with van der Waals surface area (Å²) in [5, 5.41) is 0. The predicted molar refractivity (Wildman–Crippen MR) is 273 cm³/mol. The standard InChI is InChI=1S/C59H98N2/c1-9-17-25-33-38-51-46-55(47-52(39-34-26-18-10-2)57(51)42-35-27-19-11-3)59(58(43-32-24-16-8)53(48-61-60)40-30-22-14-6)54-44-49(36-28-20-12-4)56(41-31-23-15-7)50(45-54)37-29-21-13-5/h44-47H,9-43H2,1-8H3. The lowest BCUT2D eigenvalue weighted by Gasteiger charge is -2.24.